The van der Waals surface area contributed by atoms with E-state index < -0.39 is 0 Å². The fourth-order valence-electron chi connectivity index (χ4n) is 1.62. The highest BCUT2D eigenvalue weighted by molar-refractivity contribution is 5.86. The summed E-state index contributed by atoms with van der Waals surface area (Å²) in [7, 11) is 0. The lowest BCUT2D eigenvalue weighted by molar-refractivity contribution is -0.728. The van der Waals surface area contributed by atoms with E-state index in [-0.39, 0.29) is 17.4 Å². The van der Waals surface area contributed by atoms with Gasteiger partial charge in [0.25, 0.3) is 0 Å². The van der Waals surface area contributed by atoms with Crippen molar-refractivity contribution >= 4 is 5.71 Å². The van der Waals surface area contributed by atoms with E-state index in [2.05, 4.69) is 0 Å². The molecule has 0 saturated heterocycles. The summed E-state index contributed by atoms with van der Waals surface area (Å²) in [5, 5.41) is 28.5. The molecule has 0 fully saturated rings. The molecule has 1 aliphatic rings. The highest BCUT2D eigenvalue weighted by Gasteiger charge is 2.29. The largest absolute Gasteiger partial charge is 0.418 e. The minimum absolute atomic E-state index is 0.0841. The van der Waals surface area contributed by atoms with Gasteiger partial charge >= 0.3 is 0 Å². The Labute approximate surface area is 77.4 Å². The van der Waals surface area contributed by atoms with Gasteiger partial charge in [-0.3, -0.25) is 5.21 Å². The first kappa shape index (κ1) is 10.1. The highest BCUT2D eigenvalue weighted by atomic mass is 16.8. The molecule has 13 heavy (non-hydrogen) atoms. The van der Waals surface area contributed by atoms with E-state index in [4.69, 9.17) is 10.3 Å². The second kappa shape index (κ2) is 3.79. The summed E-state index contributed by atoms with van der Waals surface area (Å²) in [5.41, 5.74) is 2.67. The van der Waals surface area contributed by atoms with Gasteiger partial charge in [-0.15, -0.1) is 0 Å². The summed E-state index contributed by atoms with van der Waals surface area (Å²) in [6, 6.07) is 0. The Morgan fingerprint density at radius 2 is 2.08 bits per heavy atom. The summed E-state index contributed by atoms with van der Waals surface area (Å²) >= 11 is 0. The molecule has 2 N–H and O–H groups in total. The molecule has 4 heteroatoms. The Morgan fingerprint density at radius 1 is 1.46 bits per heavy atom. The van der Waals surface area contributed by atoms with Crippen LogP contribution in [-0.4, -0.2) is 27.5 Å². The fourth-order valence-corrected chi connectivity index (χ4v) is 1.62. The Bertz CT molecular complexity index is 264. The maximum Gasteiger partial charge on any atom is 0.231 e. The lowest BCUT2D eigenvalue weighted by atomic mass is 9.84. The van der Waals surface area contributed by atoms with Gasteiger partial charge in [-0.05, 0) is 20.3 Å². The molecule has 0 bridgehead atoms. The molecule has 0 unspecified atom stereocenters. The van der Waals surface area contributed by atoms with Gasteiger partial charge in [0.05, 0.1) is 18.9 Å². The summed E-state index contributed by atoms with van der Waals surface area (Å²) in [6.07, 6.45) is 1.13. The summed E-state index contributed by atoms with van der Waals surface area (Å²) < 4.78 is 0. The van der Waals surface area contributed by atoms with Gasteiger partial charge in [-0.2, -0.15) is 0 Å². The predicted octanol–water partition coefficient (Wildman–Crippen LogP) is 1.07. The van der Waals surface area contributed by atoms with E-state index in [9.17, 15) is 5.21 Å². The van der Waals surface area contributed by atoms with Crippen molar-refractivity contribution in [3.05, 3.63) is 16.4 Å². The van der Waals surface area contributed by atoms with Crippen LogP contribution in [0.15, 0.2) is 11.1 Å². The van der Waals surface area contributed by atoms with Crippen molar-refractivity contribution in [2.75, 3.05) is 6.61 Å². The predicted molar refractivity (Wildman–Crippen MR) is 48.6 cm³/mol. The van der Waals surface area contributed by atoms with Crippen molar-refractivity contribution < 1.29 is 15.2 Å². The monoisotopic (exact) mass is 185 g/mol. The van der Waals surface area contributed by atoms with Crippen LogP contribution >= 0.6 is 0 Å². The smallest absolute Gasteiger partial charge is 0.231 e. The third-order valence-corrected chi connectivity index (χ3v) is 2.66. The second-order valence-corrected chi connectivity index (χ2v) is 3.59. The standard InChI is InChI=1S/C9H15NO3/c1-6-3-8(5-11)9(10(12)13)4-7(6)2/h8,11H,3-5H2,1-2H3,(H,12,13)/t8-/m0/s1. The molecule has 0 spiro atoms. The van der Waals surface area contributed by atoms with Crippen LogP contribution in [-0.2, 0) is 0 Å². The summed E-state index contributed by atoms with van der Waals surface area (Å²) in [6.45, 7) is 3.84. The van der Waals surface area contributed by atoms with Gasteiger partial charge in [0, 0.05) is 4.90 Å². The molecule has 4 nitrogen and oxygen atoms in total. The maximum absolute atomic E-state index is 10.7. The first-order valence-corrected chi connectivity index (χ1v) is 4.34. The van der Waals surface area contributed by atoms with Crippen molar-refractivity contribution in [2.24, 2.45) is 5.92 Å². The van der Waals surface area contributed by atoms with E-state index in [1.807, 2.05) is 13.8 Å². The van der Waals surface area contributed by atoms with Crippen LogP contribution < -0.4 is 0 Å². The molecule has 0 saturated carbocycles. The average molecular weight is 185 g/mol. The Balaban J connectivity index is 2.96. The fraction of sp³-hybridized carbons (Fsp3) is 0.667. The molecule has 0 aromatic heterocycles. The van der Waals surface area contributed by atoms with Crippen LogP contribution in [0.5, 0.6) is 0 Å². The molecule has 1 aliphatic carbocycles. The molecular formula is C9H15NO3. The third kappa shape index (κ3) is 2.01. The van der Waals surface area contributed by atoms with Gasteiger partial charge in [-0.1, -0.05) is 11.1 Å². The van der Waals surface area contributed by atoms with Gasteiger partial charge in [0.1, 0.15) is 0 Å². The quantitative estimate of drug-likeness (QED) is 0.278. The van der Waals surface area contributed by atoms with Crippen LogP contribution in [0.3, 0.4) is 0 Å². The Kier molecular flexibility index (Phi) is 2.93. The molecule has 0 aliphatic heterocycles. The zero-order valence-electron chi connectivity index (χ0n) is 7.95. The average Bonchev–Trinajstić information content (AvgIpc) is 2.08. The summed E-state index contributed by atoms with van der Waals surface area (Å²) in [5.74, 6) is -0.216. The van der Waals surface area contributed by atoms with Gasteiger partial charge < -0.3 is 10.3 Å². The first-order valence-electron chi connectivity index (χ1n) is 4.34. The molecule has 0 amide bonds. The van der Waals surface area contributed by atoms with Crippen LogP contribution in [0.1, 0.15) is 26.7 Å². The van der Waals surface area contributed by atoms with Crippen LogP contribution in [0.2, 0.25) is 0 Å². The van der Waals surface area contributed by atoms with E-state index in [1.54, 1.807) is 0 Å². The van der Waals surface area contributed by atoms with Gasteiger partial charge in [0.2, 0.25) is 5.71 Å². The van der Waals surface area contributed by atoms with Crippen molar-refractivity contribution in [3.63, 3.8) is 0 Å². The lowest BCUT2D eigenvalue weighted by Crippen LogP contribution is -2.29. The minimum Gasteiger partial charge on any atom is -0.418 e. The molecule has 74 valence electrons. The molecule has 0 heterocycles. The zero-order chi connectivity index (χ0) is 10.0. The van der Waals surface area contributed by atoms with Crippen molar-refractivity contribution in [1.29, 1.82) is 0 Å². The molecule has 1 atom stereocenters. The zero-order valence-corrected chi connectivity index (χ0v) is 7.95. The summed E-state index contributed by atoms with van der Waals surface area (Å²) in [4.78, 5) is -0.100. The highest BCUT2D eigenvalue weighted by Crippen LogP contribution is 2.26. The van der Waals surface area contributed by atoms with E-state index in [1.165, 1.54) is 5.57 Å². The molecule has 0 aromatic carbocycles. The molecule has 0 aromatic rings. The van der Waals surface area contributed by atoms with Crippen molar-refractivity contribution in [3.8, 4) is 0 Å². The van der Waals surface area contributed by atoms with Gasteiger partial charge in [0.15, 0.2) is 0 Å². The molecule has 0 radical (unpaired) electrons. The number of aliphatic hydroxyl groups excluding tert-OH is 1. The van der Waals surface area contributed by atoms with E-state index in [0.29, 0.717) is 18.6 Å². The van der Waals surface area contributed by atoms with Crippen LogP contribution in [0.25, 0.3) is 0 Å². The number of hydrogen-bond acceptors (Lipinski definition) is 3. The SMILES string of the molecule is CC1=C(C)C[C@@H](CO)/C(=[N+](/[O-])O)C1. The van der Waals surface area contributed by atoms with Crippen LogP contribution in [0, 0.1) is 11.1 Å². The van der Waals surface area contributed by atoms with E-state index in [0.717, 1.165) is 5.57 Å². The lowest BCUT2D eigenvalue weighted by Gasteiger charge is -2.21. The van der Waals surface area contributed by atoms with Gasteiger partial charge in [-0.25, -0.2) is 0 Å². The first-order chi connectivity index (χ1) is 6.06. The van der Waals surface area contributed by atoms with Crippen LogP contribution in [0.4, 0.5) is 0 Å². The van der Waals surface area contributed by atoms with Crippen molar-refractivity contribution in [1.82, 2.24) is 0 Å². The Morgan fingerprint density at radius 3 is 2.54 bits per heavy atom. The minimum atomic E-state index is -0.216. The number of hydrogen-bond donors (Lipinski definition) is 2. The topological polar surface area (TPSA) is 66.5 Å². The molecule has 1 rings (SSSR count). The van der Waals surface area contributed by atoms with Crippen molar-refractivity contribution in [2.45, 2.75) is 26.7 Å². The number of nitrogens with zero attached hydrogens (tertiary/aromatic N) is 1. The van der Waals surface area contributed by atoms with E-state index >= 15 is 0 Å². The molecular weight excluding hydrogens is 170 g/mol. The number of allylic oxidation sites excluding steroid dienone is 2. The Hall–Kier alpha value is -1.03. The second-order valence-electron chi connectivity index (χ2n) is 3.59. The normalized spacial score (nSPS) is 27.8. The number of rotatable bonds is 1. The third-order valence-electron chi connectivity index (χ3n) is 2.66. The number of aliphatic hydroxyl groups is 1. The maximum atomic E-state index is 10.7.